The van der Waals surface area contributed by atoms with Gasteiger partial charge in [0, 0.05) is 16.1 Å². The molecule has 0 unspecified atom stereocenters. The maximum absolute atomic E-state index is 5.60. The molecule has 29 heavy (non-hydrogen) atoms. The van der Waals surface area contributed by atoms with Crippen LogP contribution in [0, 0.1) is 27.7 Å². The number of nitrogens with zero attached hydrogens (tertiary/aromatic N) is 2. The maximum Gasteiger partial charge on any atom is 0.143 e. The van der Waals surface area contributed by atoms with Crippen molar-refractivity contribution in [2.75, 3.05) is 11.9 Å². The van der Waals surface area contributed by atoms with Crippen molar-refractivity contribution in [3.05, 3.63) is 64.3 Å². The minimum absolute atomic E-state index is 0.663. The third kappa shape index (κ3) is 3.70. The van der Waals surface area contributed by atoms with E-state index in [1.807, 2.05) is 26.0 Å². The highest BCUT2D eigenvalue weighted by Crippen LogP contribution is 2.42. The Kier molecular flexibility index (Phi) is 5.24. The molecular weight excluding hydrogens is 378 g/mol. The summed E-state index contributed by atoms with van der Waals surface area (Å²) < 4.78 is 5.60. The average molecular weight is 404 g/mol. The molecule has 0 spiro atoms. The number of aryl methyl sites for hydroxylation is 3. The predicted octanol–water partition coefficient (Wildman–Crippen LogP) is 6.73. The standard InChI is InChI=1S/C24H25N3OS/c1-6-28-19-12-10-18(11-13-19)21-16(4)29-24-22(21)23(25-17(5)26-24)27-20-9-7-8-14(2)15(20)3/h7-13H,6H2,1-5H3,(H,25,26,27). The number of hydrogen-bond donors (Lipinski definition) is 1. The van der Waals surface area contributed by atoms with E-state index < -0.39 is 0 Å². The van der Waals surface area contributed by atoms with E-state index in [1.165, 1.54) is 21.6 Å². The van der Waals surface area contributed by atoms with Crippen LogP contribution in [0.25, 0.3) is 21.3 Å². The monoisotopic (exact) mass is 403 g/mol. The lowest BCUT2D eigenvalue weighted by molar-refractivity contribution is 0.340. The molecule has 0 saturated carbocycles. The van der Waals surface area contributed by atoms with E-state index in [0.717, 1.165) is 38.9 Å². The molecule has 2 aromatic heterocycles. The summed E-state index contributed by atoms with van der Waals surface area (Å²) in [6.07, 6.45) is 0. The van der Waals surface area contributed by atoms with Crippen molar-refractivity contribution in [1.82, 2.24) is 9.97 Å². The smallest absolute Gasteiger partial charge is 0.143 e. The summed E-state index contributed by atoms with van der Waals surface area (Å²) in [5, 5.41) is 4.66. The summed E-state index contributed by atoms with van der Waals surface area (Å²) in [6.45, 7) is 11.0. The van der Waals surface area contributed by atoms with Gasteiger partial charge in [0.2, 0.25) is 0 Å². The minimum Gasteiger partial charge on any atom is -0.494 e. The van der Waals surface area contributed by atoms with Crippen LogP contribution in [0.4, 0.5) is 11.5 Å². The summed E-state index contributed by atoms with van der Waals surface area (Å²) >= 11 is 1.71. The van der Waals surface area contributed by atoms with Crippen LogP contribution in [0.2, 0.25) is 0 Å². The zero-order valence-electron chi connectivity index (χ0n) is 17.5. The number of rotatable bonds is 5. The summed E-state index contributed by atoms with van der Waals surface area (Å²) in [5.41, 5.74) is 5.89. The Bertz CT molecular complexity index is 1180. The first-order valence-electron chi connectivity index (χ1n) is 9.82. The van der Waals surface area contributed by atoms with Gasteiger partial charge in [-0.1, -0.05) is 24.3 Å². The molecule has 0 aliphatic heterocycles. The van der Waals surface area contributed by atoms with Gasteiger partial charge in [0.25, 0.3) is 0 Å². The topological polar surface area (TPSA) is 47.0 Å². The van der Waals surface area contributed by atoms with Gasteiger partial charge in [-0.15, -0.1) is 11.3 Å². The number of hydrogen-bond acceptors (Lipinski definition) is 5. The van der Waals surface area contributed by atoms with Crippen LogP contribution in [0.1, 0.15) is 28.8 Å². The molecule has 4 nitrogen and oxygen atoms in total. The molecular formula is C24H25N3OS. The third-order valence-electron chi connectivity index (χ3n) is 5.15. The molecule has 0 atom stereocenters. The maximum atomic E-state index is 5.60. The number of benzene rings is 2. The molecule has 4 rings (SSSR count). The molecule has 0 radical (unpaired) electrons. The van der Waals surface area contributed by atoms with E-state index in [-0.39, 0.29) is 0 Å². The van der Waals surface area contributed by atoms with Gasteiger partial charge < -0.3 is 10.1 Å². The molecule has 0 aliphatic carbocycles. The minimum atomic E-state index is 0.663. The Hall–Kier alpha value is -2.92. The largest absolute Gasteiger partial charge is 0.494 e. The van der Waals surface area contributed by atoms with E-state index in [1.54, 1.807) is 11.3 Å². The number of ether oxygens (including phenoxy) is 1. The van der Waals surface area contributed by atoms with Crippen molar-refractivity contribution in [1.29, 1.82) is 0 Å². The first-order chi connectivity index (χ1) is 14.0. The second-order valence-electron chi connectivity index (χ2n) is 7.16. The Labute approximate surface area is 175 Å². The van der Waals surface area contributed by atoms with E-state index in [0.29, 0.717) is 6.61 Å². The van der Waals surface area contributed by atoms with Gasteiger partial charge in [0.1, 0.15) is 22.2 Å². The fraction of sp³-hybridized carbons (Fsp3) is 0.250. The molecule has 0 bridgehead atoms. The molecule has 2 aromatic carbocycles. The predicted molar refractivity (Wildman–Crippen MR) is 123 cm³/mol. The van der Waals surface area contributed by atoms with Gasteiger partial charge in [-0.2, -0.15) is 0 Å². The lowest BCUT2D eigenvalue weighted by atomic mass is 10.0. The van der Waals surface area contributed by atoms with Crippen molar-refractivity contribution >= 4 is 33.1 Å². The quantitative estimate of drug-likeness (QED) is 0.401. The Morgan fingerprint density at radius 1 is 0.966 bits per heavy atom. The number of nitrogens with one attached hydrogen (secondary N) is 1. The molecule has 1 N–H and O–H groups in total. The highest BCUT2D eigenvalue weighted by molar-refractivity contribution is 7.19. The van der Waals surface area contributed by atoms with Crippen molar-refractivity contribution in [3.63, 3.8) is 0 Å². The van der Waals surface area contributed by atoms with Gasteiger partial charge in [0.15, 0.2) is 0 Å². The van der Waals surface area contributed by atoms with Crippen LogP contribution in [0.15, 0.2) is 42.5 Å². The van der Waals surface area contributed by atoms with Gasteiger partial charge in [0.05, 0.1) is 12.0 Å². The van der Waals surface area contributed by atoms with E-state index >= 15 is 0 Å². The zero-order valence-corrected chi connectivity index (χ0v) is 18.3. The third-order valence-corrected chi connectivity index (χ3v) is 6.15. The number of fused-ring (bicyclic) bond motifs is 1. The lowest BCUT2D eigenvalue weighted by Crippen LogP contribution is -2.00. The fourth-order valence-electron chi connectivity index (χ4n) is 3.55. The van der Waals surface area contributed by atoms with E-state index in [2.05, 4.69) is 56.4 Å². The lowest BCUT2D eigenvalue weighted by Gasteiger charge is -2.13. The van der Waals surface area contributed by atoms with Crippen LogP contribution in [-0.4, -0.2) is 16.6 Å². The second kappa shape index (κ2) is 7.84. The Morgan fingerprint density at radius 2 is 1.72 bits per heavy atom. The summed E-state index contributed by atoms with van der Waals surface area (Å²) in [6, 6.07) is 14.6. The van der Waals surface area contributed by atoms with Crippen LogP contribution >= 0.6 is 11.3 Å². The molecule has 0 fully saturated rings. The number of aromatic nitrogens is 2. The molecule has 2 heterocycles. The van der Waals surface area contributed by atoms with Gasteiger partial charge in [-0.3, -0.25) is 0 Å². The van der Waals surface area contributed by atoms with Gasteiger partial charge >= 0.3 is 0 Å². The molecule has 0 amide bonds. The van der Waals surface area contributed by atoms with Crippen molar-refractivity contribution in [2.24, 2.45) is 0 Å². The van der Waals surface area contributed by atoms with Crippen LogP contribution in [0.3, 0.4) is 0 Å². The fourth-order valence-corrected chi connectivity index (χ4v) is 4.65. The van der Waals surface area contributed by atoms with Crippen molar-refractivity contribution < 1.29 is 4.74 Å². The van der Waals surface area contributed by atoms with Gasteiger partial charge in [-0.25, -0.2) is 9.97 Å². The van der Waals surface area contributed by atoms with Crippen molar-refractivity contribution in [3.8, 4) is 16.9 Å². The van der Waals surface area contributed by atoms with Crippen LogP contribution in [-0.2, 0) is 0 Å². The first kappa shape index (κ1) is 19.4. The molecule has 0 aliphatic rings. The van der Waals surface area contributed by atoms with Crippen molar-refractivity contribution in [2.45, 2.75) is 34.6 Å². The number of anilines is 2. The molecule has 0 saturated heterocycles. The van der Waals surface area contributed by atoms with E-state index in [4.69, 9.17) is 14.7 Å². The second-order valence-corrected chi connectivity index (χ2v) is 8.37. The first-order valence-corrected chi connectivity index (χ1v) is 10.6. The highest BCUT2D eigenvalue weighted by atomic mass is 32.1. The average Bonchev–Trinajstić information content (AvgIpc) is 3.02. The number of thiophene rings is 1. The van der Waals surface area contributed by atoms with Crippen LogP contribution < -0.4 is 10.1 Å². The molecule has 5 heteroatoms. The molecule has 4 aromatic rings. The Balaban J connectivity index is 1.88. The van der Waals surface area contributed by atoms with Crippen LogP contribution in [0.5, 0.6) is 5.75 Å². The summed E-state index contributed by atoms with van der Waals surface area (Å²) in [4.78, 5) is 11.7. The summed E-state index contributed by atoms with van der Waals surface area (Å²) in [5.74, 6) is 2.51. The SMILES string of the molecule is CCOc1ccc(-c2c(C)sc3nc(C)nc(Nc4cccc(C)c4C)c23)cc1. The Morgan fingerprint density at radius 3 is 2.45 bits per heavy atom. The zero-order chi connectivity index (χ0) is 20.5. The normalized spacial score (nSPS) is 11.1. The highest BCUT2D eigenvalue weighted by Gasteiger charge is 2.18. The van der Waals surface area contributed by atoms with Gasteiger partial charge in [-0.05, 0) is 69.5 Å². The molecule has 148 valence electrons. The van der Waals surface area contributed by atoms with E-state index in [9.17, 15) is 0 Å². The summed E-state index contributed by atoms with van der Waals surface area (Å²) in [7, 11) is 0.